The van der Waals surface area contributed by atoms with Crippen LogP contribution in [-0.4, -0.2) is 35.6 Å². The third-order valence-corrected chi connectivity index (χ3v) is 5.23. The smallest absolute Gasteiger partial charge is 0.255 e. The van der Waals surface area contributed by atoms with E-state index >= 15 is 0 Å². The molecule has 1 aromatic heterocycles. The molecule has 0 aliphatic carbocycles. The maximum Gasteiger partial charge on any atom is 0.255 e. The number of carbonyl (C=O) groups is 1. The van der Waals surface area contributed by atoms with Gasteiger partial charge in [-0.15, -0.1) is 6.58 Å². The number of rotatable bonds is 8. The first-order valence-electron chi connectivity index (χ1n) is 10.5. The van der Waals surface area contributed by atoms with Gasteiger partial charge in [-0.3, -0.25) is 4.79 Å². The van der Waals surface area contributed by atoms with E-state index in [1.54, 1.807) is 26.4 Å². The van der Waals surface area contributed by atoms with Gasteiger partial charge in [-0.2, -0.15) is 0 Å². The van der Waals surface area contributed by atoms with Crippen molar-refractivity contribution in [2.45, 2.75) is 39.3 Å². The molecule has 0 atom stereocenters. The highest BCUT2D eigenvalue weighted by Crippen LogP contribution is 2.35. The molecule has 1 amide bonds. The van der Waals surface area contributed by atoms with Crippen LogP contribution in [0.3, 0.4) is 0 Å². The maximum absolute atomic E-state index is 13.1. The van der Waals surface area contributed by atoms with Crippen LogP contribution in [0.15, 0.2) is 43.2 Å². The van der Waals surface area contributed by atoms with Gasteiger partial charge in [0.2, 0.25) is 0 Å². The summed E-state index contributed by atoms with van der Waals surface area (Å²) in [6, 6.07) is 7.35. The summed E-state index contributed by atoms with van der Waals surface area (Å²) in [6.07, 6.45) is 3.74. The predicted octanol–water partition coefficient (Wildman–Crippen LogP) is 5.17. The largest absolute Gasteiger partial charge is 0.496 e. The molecule has 1 heterocycles. The molecule has 0 spiro atoms. The number of amides is 1. The minimum Gasteiger partial charge on any atom is -0.496 e. The number of nitrogens with one attached hydrogen (secondary N) is 2. The summed E-state index contributed by atoms with van der Waals surface area (Å²) in [5.41, 5.74) is 2.45. The van der Waals surface area contributed by atoms with Crippen molar-refractivity contribution < 1.29 is 14.3 Å². The van der Waals surface area contributed by atoms with Gasteiger partial charge in [0.15, 0.2) is 0 Å². The number of methoxy groups -OCH3 is 2. The van der Waals surface area contributed by atoms with Crippen LogP contribution >= 0.6 is 11.6 Å². The van der Waals surface area contributed by atoms with Gasteiger partial charge in [0.05, 0.1) is 30.3 Å². The van der Waals surface area contributed by atoms with Crippen molar-refractivity contribution in [3.05, 3.63) is 65.0 Å². The van der Waals surface area contributed by atoms with Gasteiger partial charge >= 0.3 is 0 Å². The van der Waals surface area contributed by atoms with E-state index < -0.39 is 5.54 Å². The zero-order chi connectivity index (χ0) is 24.2. The fourth-order valence-corrected chi connectivity index (χ4v) is 3.82. The summed E-state index contributed by atoms with van der Waals surface area (Å²) >= 11 is 6.26. The average molecular weight is 469 g/mol. The van der Waals surface area contributed by atoms with Gasteiger partial charge in [-0.25, -0.2) is 9.97 Å². The Labute approximate surface area is 199 Å². The standard InChI is InChI=1S/C25H29ClN4O3/c1-7-8-16-21-17(12-18(22(16)33-6)24(31)30-25(2,3)4)23(29-14-28-21)27-13-15-9-10-20(32-5)19(26)11-15/h7,9-12,14H,1,8,13H2,2-6H3,(H,30,31)(H,27,28,29). The lowest BCUT2D eigenvalue weighted by atomic mass is 9.99. The fraction of sp³-hybridized carbons (Fsp3) is 0.320. The third-order valence-electron chi connectivity index (χ3n) is 4.94. The van der Waals surface area contributed by atoms with Gasteiger partial charge in [-0.1, -0.05) is 23.7 Å². The van der Waals surface area contributed by atoms with E-state index in [4.69, 9.17) is 21.1 Å². The molecule has 2 N–H and O–H groups in total. The van der Waals surface area contributed by atoms with E-state index in [2.05, 4.69) is 27.2 Å². The Kier molecular flexibility index (Phi) is 7.43. The number of anilines is 1. The molecule has 0 saturated carbocycles. The summed E-state index contributed by atoms with van der Waals surface area (Å²) in [7, 11) is 3.13. The van der Waals surface area contributed by atoms with E-state index in [0.29, 0.717) is 51.8 Å². The van der Waals surface area contributed by atoms with Crippen molar-refractivity contribution in [3.63, 3.8) is 0 Å². The number of aromatic nitrogens is 2. The lowest BCUT2D eigenvalue weighted by Gasteiger charge is -2.23. The monoisotopic (exact) mass is 468 g/mol. The Bertz CT molecular complexity index is 1190. The third kappa shape index (κ3) is 5.54. The van der Waals surface area contributed by atoms with Crippen molar-refractivity contribution in [1.82, 2.24) is 15.3 Å². The van der Waals surface area contributed by atoms with E-state index in [1.165, 1.54) is 6.33 Å². The molecule has 0 radical (unpaired) electrons. The average Bonchev–Trinajstić information content (AvgIpc) is 2.76. The molecular formula is C25H29ClN4O3. The number of hydrogen-bond acceptors (Lipinski definition) is 6. The van der Waals surface area contributed by atoms with Crippen LogP contribution in [0.5, 0.6) is 11.5 Å². The Hall–Kier alpha value is -3.32. The maximum atomic E-state index is 13.1. The molecule has 33 heavy (non-hydrogen) atoms. The molecule has 3 aromatic rings. The number of nitrogens with zero attached hydrogens (tertiary/aromatic N) is 2. The second kappa shape index (κ2) is 10.1. The SMILES string of the molecule is C=CCc1c(OC)c(C(=O)NC(C)(C)C)cc2c(NCc3ccc(OC)c(Cl)c3)ncnc12. The number of hydrogen-bond donors (Lipinski definition) is 2. The second-order valence-corrected chi connectivity index (χ2v) is 8.98. The first-order valence-corrected chi connectivity index (χ1v) is 10.9. The van der Waals surface area contributed by atoms with Crippen LogP contribution in [0.2, 0.25) is 5.02 Å². The Morgan fingerprint density at radius 2 is 1.94 bits per heavy atom. The highest BCUT2D eigenvalue weighted by atomic mass is 35.5. The van der Waals surface area contributed by atoms with E-state index in [1.807, 2.05) is 39.0 Å². The molecule has 7 nitrogen and oxygen atoms in total. The van der Waals surface area contributed by atoms with E-state index in [0.717, 1.165) is 11.1 Å². The van der Waals surface area contributed by atoms with Crippen LogP contribution in [0, 0.1) is 0 Å². The summed E-state index contributed by atoms with van der Waals surface area (Å²) < 4.78 is 10.9. The summed E-state index contributed by atoms with van der Waals surface area (Å²) in [6.45, 7) is 10.1. The molecule has 0 unspecified atom stereocenters. The lowest BCUT2D eigenvalue weighted by Crippen LogP contribution is -2.40. The van der Waals surface area contributed by atoms with Crippen LogP contribution in [-0.2, 0) is 13.0 Å². The highest BCUT2D eigenvalue weighted by molar-refractivity contribution is 6.32. The predicted molar refractivity (Wildman–Crippen MR) is 133 cm³/mol. The van der Waals surface area contributed by atoms with Gasteiger partial charge in [0.25, 0.3) is 5.91 Å². The minimum atomic E-state index is -0.405. The van der Waals surface area contributed by atoms with E-state index in [9.17, 15) is 4.79 Å². The molecule has 0 aliphatic heterocycles. The van der Waals surface area contributed by atoms with Crippen LogP contribution in [0.4, 0.5) is 5.82 Å². The second-order valence-electron chi connectivity index (χ2n) is 8.57. The number of allylic oxidation sites excluding steroid dienone is 1. The normalized spacial score (nSPS) is 11.2. The van der Waals surface area contributed by atoms with E-state index in [-0.39, 0.29) is 5.91 Å². The quantitative estimate of drug-likeness (QED) is 0.443. The Morgan fingerprint density at radius 3 is 2.55 bits per heavy atom. The first-order chi connectivity index (χ1) is 15.7. The molecule has 0 bridgehead atoms. The van der Waals surface area contributed by atoms with Crippen molar-refractivity contribution in [1.29, 1.82) is 0 Å². The van der Waals surface area contributed by atoms with Gasteiger partial charge in [0.1, 0.15) is 23.6 Å². The molecule has 3 rings (SSSR count). The molecule has 8 heteroatoms. The van der Waals surface area contributed by atoms with Crippen molar-refractivity contribution in [2.24, 2.45) is 0 Å². The number of halogens is 1. The zero-order valence-electron chi connectivity index (χ0n) is 19.6. The molecule has 2 aromatic carbocycles. The molecule has 0 fully saturated rings. The van der Waals surface area contributed by atoms with Gasteiger partial charge in [-0.05, 0) is 51.0 Å². The zero-order valence-corrected chi connectivity index (χ0v) is 20.3. The number of carbonyl (C=O) groups excluding carboxylic acids is 1. The lowest BCUT2D eigenvalue weighted by molar-refractivity contribution is 0.0916. The topological polar surface area (TPSA) is 85.4 Å². The molecule has 0 aliphatic rings. The Morgan fingerprint density at radius 1 is 1.18 bits per heavy atom. The number of fused-ring (bicyclic) bond motifs is 1. The summed E-state index contributed by atoms with van der Waals surface area (Å²) in [5.74, 6) is 1.47. The number of benzene rings is 2. The fourth-order valence-electron chi connectivity index (χ4n) is 3.54. The molecular weight excluding hydrogens is 440 g/mol. The summed E-state index contributed by atoms with van der Waals surface area (Å²) in [5, 5.41) is 7.59. The van der Waals surface area contributed by atoms with Crippen LogP contribution < -0.4 is 20.1 Å². The van der Waals surface area contributed by atoms with Crippen LogP contribution in [0.25, 0.3) is 10.9 Å². The minimum absolute atomic E-state index is 0.233. The first kappa shape index (κ1) is 24.3. The number of ether oxygens (including phenoxy) is 2. The van der Waals surface area contributed by atoms with Gasteiger partial charge < -0.3 is 20.1 Å². The van der Waals surface area contributed by atoms with Crippen LogP contribution in [0.1, 0.15) is 42.3 Å². The van der Waals surface area contributed by atoms with Gasteiger partial charge in [0, 0.05) is 23.0 Å². The van der Waals surface area contributed by atoms with Crippen molar-refractivity contribution >= 4 is 34.2 Å². The van der Waals surface area contributed by atoms with Crippen molar-refractivity contribution in [2.75, 3.05) is 19.5 Å². The molecule has 0 saturated heterocycles. The van der Waals surface area contributed by atoms with Crippen molar-refractivity contribution in [3.8, 4) is 11.5 Å². The summed E-state index contributed by atoms with van der Waals surface area (Å²) in [4.78, 5) is 22.0. The Balaban J connectivity index is 2.08. The highest BCUT2D eigenvalue weighted by Gasteiger charge is 2.24. The molecule has 174 valence electrons.